The fourth-order valence-electron chi connectivity index (χ4n) is 5.24. The lowest BCUT2D eigenvalue weighted by atomic mass is 9.42. The first-order valence-electron chi connectivity index (χ1n) is 13.6. The molecule has 7 rings (SSSR count). The fraction of sp³-hybridized carbons (Fsp3) is 0.370. The number of pyridine rings is 1. The number of rotatable bonds is 8. The summed E-state index contributed by atoms with van der Waals surface area (Å²) in [4.78, 5) is 38.2. The first-order chi connectivity index (χ1) is 19.0. The maximum absolute atomic E-state index is 14.9. The monoisotopic (exact) mass is 505 g/mol. The quantitative estimate of drug-likeness (QED) is 0.420. The molecule has 10 heteroatoms. The van der Waals surface area contributed by atoms with E-state index < -0.39 is 18.7 Å². The number of ether oxygens (including phenoxy) is 1. The Labute approximate surface area is 217 Å². The van der Waals surface area contributed by atoms with Gasteiger partial charge >= 0.3 is 0 Å². The van der Waals surface area contributed by atoms with Crippen molar-refractivity contribution >= 4 is 29.0 Å². The Morgan fingerprint density at radius 2 is 1.84 bits per heavy atom. The van der Waals surface area contributed by atoms with E-state index in [1.54, 1.807) is 12.4 Å². The number of nitrogens with zero attached hydrogens (tertiary/aromatic N) is 3. The van der Waals surface area contributed by atoms with E-state index in [2.05, 4.69) is 25.6 Å². The van der Waals surface area contributed by atoms with Gasteiger partial charge in [0.1, 0.15) is 11.6 Å². The smallest absolute Gasteiger partial charge is 0.254 e. The number of amides is 2. The molecule has 4 fully saturated rings. The largest absolute Gasteiger partial charge is 0.494 e. The Kier molecular flexibility index (Phi) is 4.76. The summed E-state index contributed by atoms with van der Waals surface area (Å²) in [5.41, 5.74) is 1.64. The van der Waals surface area contributed by atoms with Gasteiger partial charge in [0.05, 0.1) is 29.6 Å². The molecule has 0 radical (unpaired) electrons. The van der Waals surface area contributed by atoms with Crippen molar-refractivity contribution in [1.82, 2.24) is 20.3 Å². The molecule has 2 aromatic heterocycles. The van der Waals surface area contributed by atoms with Crippen LogP contribution in [0.3, 0.4) is 0 Å². The van der Waals surface area contributed by atoms with Gasteiger partial charge in [-0.1, -0.05) is 0 Å². The number of hydrogen-bond acceptors (Lipinski definition) is 7. The molecule has 0 aliphatic heterocycles. The summed E-state index contributed by atoms with van der Waals surface area (Å²) in [6.07, 6.45) is 9.73. The predicted molar refractivity (Wildman–Crippen MR) is 135 cm³/mol. The zero-order chi connectivity index (χ0) is 28.2. The second-order valence-electron chi connectivity index (χ2n) is 10.0. The fourth-order valence-corrected chi connectivity index (χ4v) is 5.24. The zero-order valence-electron chi connectivity index (χ0n) is 23.1. The Morgan fingerprint density at radius 1 is 1.08 bits per heavy atom. The van der Waals surface area contributed by atoms with Crippen LogP contribution >= 0.6 is 0 Å². The first-order valence-corrected chi connectivity index (χ1v) is 12.1. The van der Waals surface area contributed by atoms with Crippen molar-refractivity contribution in [2.75, 3.05) is 24.7 Å². The molecule has 2 amide bonds. The number of anilines is 3. The van der Waals surface area contributed by atoms with Crippen LogP contribution in [0.4, 0.5) is 21.6 Å². The SMILES string of the molecule is [2H]C([2H])([2H])NC(=O)c1cnc(NC(=O)C2CC2)cc1Nc1cc(F)cc(-c2ncc(C34CC(C3)C4)cn2)c1OC. The second kappa shape index (κ2) is 8.79. The molecule has 4 aliphatic rings. The van der Waals surface area contributed by atoms with Gasteiger partial charge in [-0.3, -0.25) is 9.59 Å². The lowest BCUT2D eigenvalue weighted by molar-refractivity contribution is -0.117. The maximum atomic E-state index is 14.9. The Balaban J connectivity index is 1.35. The van der Waals surface area contributed by atoms with Crippen molar-refractivity contribution in [3.05, 3.63) is 53.7 Å². The topological polar surface area (TPSA) is 118 Å². The second-order valence-corrected chi connectivity index (χ2v) is 10.0. The van der Waals surface area contributed by atoms with Crippen molar-refractivity contribution in [1.29, 1.82) is 0 Å². The third-order valence-electron chi connectivity index (χ3n) is 7.53. The highest BCUT2D eigenvalue weighted by atomic mass is 19.1. The summed E-state index contributed by atoms with van der Waals surface area (Å²) in [6.45, 7) is -2.75. The summed E-state index contributed by atoms with van der Waals surface area (Å²) in [5.74, 6) is -0.420. The van der Waals surface area contributed by atoms with Gasteiger partial charge in [-0.2, -0.15) is 0 Å². The van der Waals surface area contributed by atoms with Gasteiger partial charge in [0, 0.05) is 47.7 Å². The van der Waals surface area contributed by atoms with Crippen molar-refractivity contribution in [3.63, 3.8) is 0 Å². The standard InChI is InChI=1S/C27H27FN6O3/c1-29-26(36)19-13-30-22(34-25(35)15-3-4-15)7-20(19)33-21-6-17(28)5-18(23(21)37-2)24-31-11-16(12-32-24)27-8-14(9-27)10-27/h5-7,11-15H,3-4,8-10H2,1-2H3,(H,29,36)(H2,30,33,34,35)/i1D3. The molecule has 9 nitrogen and oxygen atoms in total. The third kappa shape index (κ3) is 4.16. The van der Waals surface area contributed by atoms with E-state index in [1.807, 2.05) is 5.32 Å². The molecule has 0 spiro atoms. The van der Waals surface area contributed by atoms with Gasteiger partial charge in [0.2, 0.25) is 5.91 Å². The molecule has 190 valence electrons. The normalized spacial score (nSPS) is 22.9. The van der Waals surface area contributed by atoms with Crippen LogP contribution in [0.5, 0.6) is 5.75 Å². The molecule has 4 saturated carbocycles. The van der Waals surface area contributed by atoms with Crippen molar-refractivity contribution in [2.24, 2.45) is 11.8 Å². The third-order valence-corrected chi connectivity index (χ3v) is 7.53. The summed E-state index contributed by atoms with van der Waals surface area (Å²) >= 11 is 0. The van der Waals surface area contributed by atoms with Crippen LogP contribution in [-0.2, 0) is 10.2 Å². The lowest BCUT2D eigenvalue weighted by Gasteiger charge is -2.62. The number of carbonyl (C=O) groups excluding carboxylic acids is 2. The van der Waals surface area contributed by atoms with Crippen LogP contribution in [0, 0.1) is 17.7 Å². The van der Waals surface area contributed by atoms with Crippen LogP contribution in [0.2, 0.25) is 0 Å². The zero-order valence-corrected chi connectivity index (χ0v) is 20.1. The van der Waals surface area contributed by atoms with E-state index in [4.69, 9.17) is 8.85 Å². The molecule has 0 saturated heterocycles. The highest BCUT2D eigenvalue weighted by Gasteiger charge is 2.57. The summed E-state index contributed by atoms with van der Waals surface area (Å²) in [7, 11) is 1.41. The summed E-state index contributed by atoms with van der Waals surface area (Å²) < 4.78 is 42.8. The van der Waals surface area contributed by atoms with E-state index in [0.717, 1.165) is 49.8 Å². The Morgan fingerprint density at radius 3 is 2.46 bits per heavy atom. The van der Waals surface area contributed by atoms with Gasteiger partial charge in [-0.15, -0.1) is 0 Å². The minimum atomic E-state index is -2.75. The van der Waals surface area contributed by atoms with Crippen LogP contribution < -0.4 is 20.7 Å². The van der Waals surface area contributed by atoms with E-state index in [0.29, 0.717) is 5.56 Å². The number of halogens is 1. The number of benzene rings is 1. The minimum Gasteiger partial charge on any atom is -0.494 e. The average Bonchev–Trinajstić information content (AvgIpc) is 3.67. The molecule has 2 bridgehead atoms. The summed E-state index contributed by atoms with van der Waals surface area (Å²) in [6, 6.07) is 3.82. The van der Waals surface area contributed by atoms with Crippen molar-refractivity contribution in [2.45, 2.75) is 37.5 Å². The minimum absolute atomic E-state index is 0.0811. The average molecular weight is 506 g/mol. The number of methoxy groups -OCH3 is 1. The first kappa shape index (κ1) is 20.0. The van der Waals surface area contributed by atoms with Crippen LogP contribution in [0.15, 0.2) is 36.8 Å². The molecule has 0 atom stereocenters. The van der Waals surface area contributed by atoms with E-state index in [9.17, 15) is 14.0 Å². The van der Waals surface area contributed by atoms with E-state index in [-0.39, 0.29) is 51.6 Å². The molecule has 37 heavy (non-hydrogen) atoms. The van der Waals surface area contributed by atoms with Gasteiger partial charge in [-0.25, -0.2) is 19.3 Å². The molecule has 1 aromatic carbocycles. The number of hydrogen-bond donors (Lipinski definition) is 3. The Bertz CT molecular complexity index is 1490. The molecule has 2 heterocycles. The van der Waals surface area contributed by atoms with Crippen LogP contribution in [-0.4, -0.2) is 40.9 Å². The number of aromatic nitrogens is 3. The predicted octanol–water partition coefficient (Wildman–Crippen LogP) is 4.19. The highest BCUT2D eigenvalue weighted by molar-refractivity contribution is 6.01. The molecule has 4 aliphatic carbocycles. The van der Waals surface area contributed by atoms with Gasteiger partial charge in [0.25, 0.3) is 5.91 Å². The lowest BCUT2D eigenvalue weighted by Crippen LogP contribution is -2.55. The van der Waals surface area contributed by atoms with Gasteiger partial charge < -0.3 is 20.7 Å². The van der Waals surface area contributed by atoms with E-state index >= 15 is 0 Å². The molecule has 0 unspecified atom stereocenters. The number of carbonyl (C=O) groups is 2. The molecular weight excluding hydrogens is 475 g/mol. The Hall–Kier alpha value is -4.08. The molecule has 3 N–H and O–H groups in total. The van der Waals surface area contributed by atoms with E-state index in [1.165, 1.54) is 25.3 Å². The molecule has 3 aromatic rings. The van der Waals surface area contributed by atoms with Gasteiger partial charge in [0.15, 0.2) is 11.6 Å². The summed E-state index contributed by atoms with van der Waals surface area (Å²) in [5, 5.41) is 7.59. The van der Waals surface area contributed by atoms with Crippen LogP contribution in [0.1, 0.15) is 52.1 Å². The van der Waals surface area contributed by atoms with Crippen LogP contribution in [0.25, 0.3) is 11.4 Å². The highest BCUT2D eigenvalue weighted by Crippen LogP contribution is 2.64. The number of nitrogens with one attached hydrogen (secondary N) is 3. The van der Waals surface area contributed by atoms with Crippen molar-refractivity contribution < 1.29 is 22.8 Å². The molecular formula is C27H27FN6O3. The maximum Gasteiger partial charge on any atom is 0.254 e. The van der Waals surface area contributed by atoms with Crippen molar-refractivity contribution in [3.8, 4) is 17.1 Å². The van der Waals surface area contributed by atoms with Gasteiger partial charge in [-0.05, 0) is 55.1 Å².